The van der Waals surface area contributed by atoms with Gasteiger partial charge in [-0.1, -0.05) is 12.1 Å². The Hall–Kier alpha value is -2.97. The first-order valence-electron chi connectivity index (χ1n) is 8.19. The van der Waals surface area contributed by atoms with Crippen molar-refractivity contribution in [2.75, 3.05) is 18.3 Å². The van der Waals surface area contributed by atoms with Crippen molar-refractivity contribution in [1.82, 2.24) is 4.57 Å². The molecule has 0 bridgehead atoms. The molecule has 3 aromatic rings. The van der Waals surface area contributed by atoms with Crippen LogP contribution >= 0.6 is 11.6 Å². The molecule has 0 aliphatic carbocycles. The molecule has 1 N–H and O–H groups in total. The Kier molecular flexibility index (Phi) is 5.15. The van der Waals surface area contributed by atoms with E-state index in [0.29, 0.717) is 17.8 Å². The van der Waals surface area contributed by atoms with Crippen molar-refractivity contribution >= 4 is 34.1 Å². The molecule has 2 aromatic carbocycles. The monoisotopic (exact) mass is 367 g/mol. The molecule has 3 rings (SSSR count). The Morgan fingerprint density at radius 3 is 2.77 bits per heavy atom. The van der Waals surface area contributed by atoms with E-state index in [1.54, 1.807) is 13.2 Å². The zero-order valence-corrected chi connectivity index (χ0v) is 15.3. The van der Waals surface area contributed by atoms with E-state index in [1.807, 2.05) is 43.3 Å². The molecule has 5 nitrogen and oxygen atoms in total. The van der Waals surface area contributed by atoms with Gasteiger partial charge in [-0.15, -0.1) is 11.6 Å². The highest BCUT2D eigenvalue weighted by Crippen LogP contribution is 2.36. The number of anilines is 1. The average molecular weight is 368 g/mol. The number of fused-ring (bicyclic) bond motifs is 1. The number of halogens is 1. The first-order valence-corrected chi connectivity index (χ1v) is 8.73. The van der Waals surface area contributed by atoms with Gasteiger partial charge in [-0.2, -0.15) is 5.26 Å². The molecule has 0 spiro atoms. The Balaban J connectivity index is 2.23. The maximum atomic E-state index is 11.6. The number of nitrogens with zero attached hydrogens (tertiary/aromatic N) is 2. The molecule has 0 saturated carbocycles. The summed E-state index contributed by atoms with van der Waals surface area (Å²) in [5, 5.41) is 13.4. The standard InChI is InChI=1S/C20H18ClN3O2/c1-3-24-18-10-15(26-2)7-8-16(18)17(12-22)20(24)13-5-4-6-14(9-13)23-19(25)11-21/h4-10H,3,11H2,1-2H3,(H,23,25). The quantitative estimate of drug-likeness (QED) is 0.680. The minimum atomic E-state index is -0.273. The molecule has 1 amide bonds. The van der Waals surface area contributed by atoms with E-state index in [9.17, 15) is 10.1 Å². The van der Waals surface area contributed by atoms with Crippen molar-refractivity contribution in [3.63, 3.8) is 0 Å². The minimum Gasteiger partial charge on any atom is -0.497 e. The maximum Gasteiger partial charge on any atom is 0.239 e. The number of ether oxygens (including phenoxy) is 1. The summed E-state index contributed by atoms with van der Waals surface area (Å²) in [6.45, 7) is 2.72. The van der Waals surface area contributed by atoms with Crippen LogP contribution in [0.5, 0.6) is 5.75 Å². The van der Waals surface area contributed by atoms with Gasteiger partial charge in [0.15, 0.2) is 0 Å². The van der Waals surface area contributed by atoms with E-state index in [4.69, 9.17) is 16.3 Å². The van der Waals surface area contributed by atoms with Crippen molar-refractivity contribution in [3.8, 4) is 23.1 Å². The van der Waals surface area contributed by atoms with Crippen molar-refractivity contribution in [2.24, 2.45) is 0 Å². The van der Waals surface area contributed by atoms with Crippen molar-refractivity contribution in [3.05, 3.63) is 48.0 Å². The molecule has 6 heteroatoms. The van der Waals surface area contributed by atoms with E-state index in [0.717, 1.165) is 27.9 Å². The molecule has 1 aromatic heterocycles. The summed E-state index contributed by atoms with van der Waals surface area (Å²) in [4.78, 5) is 11.6. The number of hydrogen-bond acceptors (Lipinski definition) is 3. The summed E-state index contributed by atoms with van der Waals surface area (Å²) < 4.78 is 7.41. The fourth-order valence-corrected chi connectivity index (χ4v) is 3.20. The highest BCUT2D eigenvalue weighted by atomic mass is 35.5. The van der Waals surface area contributed by atoms with Gasteiger partial charge >= 0.3 is 0 Å². The van der Waals surface area contributed by atoms with Crippen molar-refractivity contribution < 1.29 is 9.53 Å². The van der Waals surface area contributed by atoms with E-state index >= 15 is 0 Å². The molecular weight excluding hydrogens is 350 g/mol. The average Bonchev–Trinajstić information content (AvgIpc) is 3.00. The Morgan fingerprint density at radius 2 is 2.12 bits per heavy atom. The second-order valence-electron chi connectivity index (χ2n) is 5.73. The van der Waals surface area contributed by atoms with Crippen molar-refractivity contribution in [2.45, 2.75) is 13.5 Å². The van der Waals surface area contributed by atoms with E-state index in [2.05, 4.69) is 16.0 Å². The summed E-state index contributed by atoms with van der Waals surface area (Å²) in [6.07, 6.45) is 0. The lowest BCUT2D eigenvalue weighted by atomic mass is 10.1. The number of amides is 1. The fraction of sp³-hybridized carbons (Fsp3) is 0.200. The van der Waals surface area contributed by atoms with Crippen LogP contribution in [0.25, 0.3) is 22.2 Å². The third-order valence-electron chi connectivity index (χ3n) is 4.24. The van der Waals surface area contributed by atoms with Crippen LogP contribution in [0.2, 0.25) is 0 Å². The number of aryl methyl sites for hydroxylation is 1. The molecule has 0 aliphatic rings. The number of aromatic nitrogens is 1. The van der Waals surface area contributed by atoms with Crippen LogP contribution in [-0.4, -0.2) is 23.5 Å². The van der Waals surface area contributed by atoms with Crippen LogP contribution in [0.15, 0.2) is 42.5 Å². The smallest absolute Gasteiger partial charge is 0.239 e. The minimum absolute atomic E-state index is 0.108. The van der Waals surface area contributed by atoms with E-state index in [-0.39, 0.29) is 11.8 Å². The van der Waals surface area contributed by atoms with E-state index in [1.165, 1.54) is 0 Å². The van der Waals surface area contributed by atoms with Crippen LogP contribution in [0.1, 0.15) is 12.5 Å². The first kappa shape index (κ1) is 17.8. The Labute approximate surface area is 156 Å². The molecular formula is C20H18ClN3O2. The van der Waals surface area contributed by atoms with Crippen molar-refractivity contribution in [1.29, 1.82) is 5.26 Å². The molecule has 26 heavy (non-hydrogen) atoms. The van der Waals surface area contributed by atoms with E-state index < -0.39 is 0 Å². The number of carbonyl (C=O) groups excluding carboxylic acids is 1. The van der Waals surface area contributed by atoms with Gasteiger partial charge < -0.3 is 14.6 Å². The lowest BCUT2D eigenvalue weighted by Gasteiger charge is -2.11. The van der Waals surface area contributed by atoms with Gasteiger partial charge in [-0.05, 0) is 31.2 Å². The predicted octanol–water partition coefficient (Wildman–Crippen LogP) is 4.39. The number of carbonyl (C=O) groups is 1. The number of nitrogens with one attached hydrogen (secondary N) is 1. The lowest BCUT2D eigenvalue weighted by Crippen LogP contribution is -2.12. The number of nitriles is 1. The highest BCUT2D eigenvalue weighted by Gasteiger charge is 2.18. The van der Waals surface area contributed by atoms with Crippen LogP contribution in [0, 0.1) is 11.3 Å². The molecule has 0 radical (unpaired) electrons. The summed E-state index contributed by atoms with van der Waals surface area (Å²) in [5.74, 6) is 0.358. The number of rotatable bonds is 5. The lowest BCUT2D eigenvalue weighted by molar-refractivity contribution is -0.113. The van der Waals surface area contributed by atoms with Gasteiger partial charge in [0.2, 0.25) is 5.91 Å². The van der Waals surface area contributed by atoms with Gasteiger partial charge in [-0.3, -0.25) is 4.79 Å². The Morgan fingerprint density at radius 1 is 1.31 bits per heavy atom. The van der Waals surface area contributed by atoms with Crippen LogP contribution in [0.3, 0.4) is 0 Å². The molecule has 1 heterocycles. The van der Waals surface area contributed by atoms with Gasteiger partial charge in [-0.25, -0.2) is 0 Å². The molecule has 0 aliphatic heterocycles. The first-order chi connectivity index (χ1) is 12.6. The van der Waals surface area contributed by atoms with Gasteiger partial charge in [0, 0.05) is 29.2 Å². The normalized spacial score (nSPS) is 10.5. The predicted molar refractivity (Wildman–Crippen MR) is 104 cm³/mol. The van der Waals surface area contributed by atoms with Crippen LogP contribution < -0.4 is 10.1 Å². The molecule has 0 atom stereocenters. The third-order valence-corrected chi connectivity index (χ3v) is 4.48. The van der Waals surface area contributed by atoms with Gasteiger partial charge in [0.25, 0.3) is 0 Å². The number of alkyl halides is 1. The largest absolute Gasteiger partial charge is 0.497 e. The maximum absolute atomic E-state index is 11.6. The topological polar surface area (TPSA) is 67.0 Å². The van der Waals surface area contributed by atoms with Crippen LogP contribution in [0.4, 0.5) is 5.69 Å². The zero-order chi connectivity index (χ0) is 18.7. The summed E-state index contributed by atoms with van der Waals surface area (Å²) in [6, 6.07) is 15.4. The fourth-order valence-electron chi connectivity index (χ4n) is 3.14. The van der Waals surface area contributed by atoms with Crippen LogP contribution in [-0.2, 0) is 11.3 Å². The number of methoxy groups -OCH3 is 1. The highest BCUT2D eigenvalue weighted by molar-refractivity contribution is 6.29. The summed E-state index contributed by atoms with van der Waals surface area (Å²) in [7, 11) is 1.62. The summed E-state index contributed by atoms with van der Waals surface area (Å²) in [5.41, 5.74) is 3.85. The zero-order valence-electron chi connectivity index (χ0n) is 14.5. The molecule has 0 saturated heterocycles. The second-order valence-corrected chi connectivity index (χ2v) is 5.99. The van der Waals surface area contributed by atoms with Gasteiger partial charge in [0.1, 0.15) is 17.7 Å². The third kappa shape index (κ3) is 3.12. The molecule has 132 valence electrons. The summed E-state index contributed by atoms with van der Waals surface area (Å²) >= 11 is 5.56. The SMILES string of the molecule is CCn1c(-c2cccc(NC(=O)CCl)c2)c(C#N)c2ccc(OC)cc21. The number of hydrogen-bond donors (Lipinski definition) is 1. The number of benzene rings is 2. The van der Waals surface area contributed by atoms with Gasteiger partial charge in [0.05, 0.1) is 23.9 Å². The molecule has 0 fully saturated rings. The molecule has 0 unspecified atom stereocenters. The Bertz CT molecular complexity index is 1020. The second kappa shape index (κ2) is 7.51.